The van der Waals surface area contributed by atoms with Crippen LogP contribution in [0.5, 0.6) is 5.75 Å². The second kappa shape index (κ2) is 4.75. The summed E-state index contributed by atoms with van der Waals surface area (Å²) in [5.74, 6) is 0.879. The maximum atomic E-state index is 5.12. The van der Waals surface area contributed by atoms with E-state index < -0.39 is 0 Å². The van der Waals surface area contributed by atoms with Gasteiger partial charge in [0.15, 0.2) is 0 Å². The van der Waals surface area contributed by atoms with E-state index in [4.69, 9.17) is 4.74 Å². The Morgan fingerprint density at radius 2 is 1.94 bits per heavy atom. The number of aryl methyl sites for hydroxylation is 1. The summed E-state index contributed by atoms with van der Waals surface area (Å²) in [5, 5.41) is 0. The first-order chi connectivity index (χ1) is 7.79. The van der Waals surface area contributed by atoms with E-state index in [0.717, 1.165) is 23.4 Å². The number of benzene rings is 1. The fraction of sp³-hybridized carbons (Fsp3) is 0.231. The number of methoxy groups -OCH3 is 1. The zero-order valence-corrected chi connectivity index (χ0v) is 9.47. The fourth-order valence-corrected chi connectivity index (χ4v) is 1.56. The zero-order valence-electron chi connectivity index (χ0n) is 9.47. The monoisotopic (exact) mass is 214 g/mol. The summed E-state index contributed by atoms with van der Waals surface area (Å²) in [6.07, 6.45) is 4.30. The van der Waals surface area contributed by atoms with Crippen LogP contribution < -0.4 is 4.74 Å². The number of hydrogen-bond donors (Lipinski definition) is 0. The summed E-state index contributed by atoms with van der Waals surface area (Å²) in [7, 11) is 1.67. The van der Waals surface area contributed by atoms with Gasteiger partial charge in [-0.15, -0.1) is 0 Å². The zero-order chi connectivity index (χ0) is 11.4. The minimum atomic E-state index is 0.858. The Morgan fingerprint density at radius 3 is 2.56 bits per heavy atom. The maximum absolute atomic E-state index is 5.12. The van der Waals surface area contributed by atoms with E-state index in [1.807, 2.05) is 25.3 Å². The third-order valence-corrected chi connectivity index (χ3v) is 2.57. The van der Waals surface area contributed by atoms with Gasteiger partial charge in [-0.05, 0) is 30.2 Å². The van der Waals surface area contributed by atoms with Crippen molar-refractivity contribution in [2.75, 3.05) is 7.11 Å². The van der Waals surface area contributed by atoms with E-state index in [1.54, 1.807) is 13.4 Å². The molecule has 0 aliphatic rings. The van der Waals surface area contributed by atoms with Crippen molar-refractivity contribution in [3.8, 4) is 5.75 Å². The van der Waals surface area contributed by atoms with Gasteiger partial charge < -0.3 is 4.74 Å². The minimum Gasteiger partial charge on any atom is -0.497 e. The molecule has 0 atom stereocenters. The van der Waals surface area contributed by atoms with Crippen molar-refractivity contribution in [3.05, 3.63) is 53.6 Å². The normalized spacial score (nSPS) is 10.1. The highest BCUT2D eigenvalue weighted by Gasteiger charge is 2.01. The molecule has 2 aromatic rings. The van der Waals surface area contributed by atoms with E-state index in [0.29, 0.717) is 0 Å². The van der Waals surface area contributed by atoms with Crippen molar-refractivity contribution in [3.63, 3.8) is 0 Å². The smallest absolute Gasteiger partial charge is 0.118 e. The minimum absolute atomic E-state index is 0.858. The SMILES string of the molecule is COc1ccc(Cc2cncnc2C)cc1. The quantitative estimate of drug-likeness (QED) is 0.786. The van der Waals surface area contributed by atoms with E-state index in [2.05, 4.69) is 22.1 Å². The van der Waals surface area contributed by atoms with Crippen molar-refractivity contribution in [2.24, 2.45) is 0 Å². The van der Waals surface area contributed by atoms with E-state index in [9.17, 15) is 0 Å². The number of aromatic nitrogens is 2. The predicted octanol–water partition coefficient (Wildman–Crippen LogP) is 2.38. The molecule has 0 unspecified atom stereocenters. The standard InChI is InChI=1S/C13H14N2O/c1-10-12(8-14-9-15-10)7-11-3-5-13(16-2)6-4-11/h3-6,8-9H,7H2,1-2H3. The van der Waals surface area contributed by atoms with E-state index >= 15 is 0 Å². The largest absolute Gasteiger partial charge is 0.497 e. The number of nitrogens with zero attached hydrogens (tertiary/aromatic N) is 2. The summed E-state index contributed by atoms with van der Waals surface area (Å²) < 4.78 is 5.12. The van der Waals surface area contributed by atoms with Gasteiger partial charge in [0, 0.05) is 18.3 Å². The Bertz CT molecular complexity index is 466. The molecular formula is C13H14N2O. The molecule has 2 rings (SSSR count). The van der Waals surface area contributed by atoms with Gasteiger partial charge in [-0.25, -0.2) is 9.97 Å². The van der Waals surface area contributed by atoms with Crippen molar-refractivity contribution in [1.29, 1.82) is 0 Å². The van der Waals surface area contributed by atoms with Crippen LogP contribution in [0.2, 0.25) is 0 Å². The summed E-state index contributed by atoms with van der Waals surface area (Å²) in [5.41, 5.74) is 3.43. The van der Waals surface area contributed by atoms with Crippen LogP contribution in [0.3, 0.4) is 0 Å². The van der Waals surface area contributed by atoms with Crippen molar-refractivity contribution < 1.29 is 4.74 Å². The lowest BCUT2D eigenvalue weighted by atomic mass is 10.1. The Labute approximate surface area is 95.1 Å². The third kappa shape index (κ3) is 2.37. The first kappa shape index (κ1) is 10.6. The molecule has 0 saturated carbocycles. The molecule has 3 nitrogen and oxygen atoms in total. The Morgan fingerprint density at radius 1 is 1.19 bits per heavy atom. The Kier molecular flexibility index (Phi) is 3.15. The molecule has 0 spiro atoms. The van der Waals surface area contributed by atoms with Gasteiger partial charge in [-0.3, -0.25) is 0 Å². The molecule has 1 heterocycles. The maximum Gasteiger partial charge on any atom is 0.118 e. The van der Waals surface area contributed by atoms with Crippen LogP contribution >= 0.6 is 0 Å². The molecule has 0 amide bonds. The average molecular weight is 214 g/mol. The molecular weight excluding hydrogens is 200 g/mol. The lowest BCUT2D eigenvalue weighted by Crippen LogP contribution is -1.95. The number of hydrogen-bond acceptors (Lipinski definition) is 3. The average Bonchev–Trinajstić information content (AvgIpc) is 2.33. The second-order valence-corrected chi connectivity index (χ2v) is 3.66. The first-order valence-electron chi connectivity index (χ1n) is 5.18. The molecule has 82 valence electrons. The molecule has 16 heavy (non-hydrogen) atoms. The van der Waals surface area contributed by atoms with Gasteiger partial charge in [0.25, 0.3) is 0 Å². The van der Waals surface area contributed by atoms with Crippen LogP contribution in [0, 0.1) is 6.92 Å². The summed E-state index contributed by atoms with van der Waals surface area (Å²) in [6, 6.07) is 8.06. The summed E-state index contributed by atoms with van der Waals surface area (Å²) in [6.45, 7) is 2.00. The number of rotatable bonds is 3. The van der Waals surface area contributed by atoms with Gasteiger partial charge in [0.2, 0.25) is 0 Å². The molecule has 0 saturated heterocycles. The lowest BCUT2D eigenvalue weighted by molar-refractivity contribution is 0.414. The van der Waals surface area contributed by atoms with E-state index in [1.165, 1.54) is 5.56 Å². The topological polar surface area (TPSA) is 35.0 Å². The molecule has 0 aliphatic heterocycles. The van der Waals surface area contributed by atoms with Crippen LogP contribution in [-0.4, -0.2) is 17.1 Å². The van der Waals surface area contributed by atoms with Crippen LogP contribution in [0.4, 0.5) is 0 Å². The highest BCUT2D eigenvalue weighted by Crippen LogP contribution is 2.15. The van der Waals surface area contributed by atoms with Crippen molar-refractivity contribution in [2.45, 2.75) is 13.3 Å². The van der Waals surface area contributed by atoms with Gasteiger partial charge in [-0.2, -0.15) is 0 Å². The first-order valence-corrected chi connectivity index (χ1v) is 5.18. The molecule has 1 aromatic carbocycles. The van der Waals surface area contributed by atoms with Crippen molar-refractivity contribution in [1.82, 2.24) is 9.97 Å². The second-order valence-electron chi connectivity index (χ2n) is 3.66. The highest BCUT2D eigenvalue weighted by molar-refractivity contribution is 5.31. The predicted molar refractivity (Wildman–Crippen MR) is 62.6 cm³/mol. The summed E-state index contributed by atoms with van der Waals surface area (Å²) >= 11 is 0. The van der Waals surface area contributed by atoms with E-state index in [-0.39, 0.29) is 0 Å². The number of ether oxygens (including phenoxy) is 1. The molecule has 1 aromatic heterocycles. The van der Waals surface area contributed by atoms with Gasteiger partial charge in [0.05, 0.1) is 7.11 Å². The van der Waals surface area contributed by atoms with Crippen LogP contribution in [0.1, 0.15) is 16.8 Å². The van der Waals surface area contributed by atoms with Crippen LogP contribution in [0.25, 0.3) is 0 Å². The summed E-state index contributed by atoms with van der Waals surface area (Å²) in [4.78, 5) is 8.21. The molecule has 0 fully saturated rings. The van der Waals surface area contributed by atoms with Crippen LogP contribution in [0.15, 0.2) is 36.8 Å². The molecule has 0 N–H and O–H groups in total. The fourth-order valence-electron chi connectivity index (χ4n) is 1.56. The molecule has 0 radical (unpaired) electrons. The molecule has 0 aliphatic carbocycles. The highest BCUT2D eigenvalue weighted by atomic mass is 16.5. The van der Waals surface area contributed by atoms with Crippen molar-refractivity contribution >= 4 is 0 Å². The Balaban J connectivity index is 2.18. The Hall–Kier alpha value is -1.90. The molecule has 3 heteroatoms. The van der Waals surface area contributed by atoms with Gasteiger partial charge in [0.1, 0.15) is 12.1 Å². The van der Waals surface area contributed by atoms with Crippen LogP contribution in [-0.2, 0) is 6.42 Å². The molecule has 0 bridgehead atoms. The lowest BCUT2D eigenvalue weighted by Gasteiger charge is -2.05. The van der Waals surface area contributed by atoms with Gasteiger partial charge >= 0.3 is 0 Å². The third-order valence-electron chi connectivity index (χ3n) is 2.57. The van der Waals surface area contributed by atoms with Gasteiger partial charge in [-0.1, -0.05) is 12.1 Å².